The molecule has 1 aromatic heterocycles. The smallest absolute Gasteiger partial charge is 0.351 e. The van der Waals surface area contributed by atoms with Crippen LogP contribution in [0.4, 0.5) is 10.2 Å². The van der Waals surface area contributed by atoms with Crippen molar-refractivity contribution in [3.8, 4) is 0 Å². The molecule has 3 N–H and O–H groups in total. The van der Waals surface area contributed by atoms with Crippen LogP contribution in [0.25, 0.3) is 0 Å². The molecule has 0 unspecified atom stereocenters. The average Bonchev–Trinajstić information content (AvgIpc) is 2.91. The fraction of sp³-hybridized carbons (Fsp3) is 0.333. The molecule has 2 heterocycles. The SMILES string of the molecule is CC(=O)c1ccc(C(=O)Nc2nc(=O)n([C@@H]3O[C@H](C)[C@@H](O)[C@H]3O)cc2F)cc1. The number of ketones is 1. The number of amides is 1. The quantitative estimate of drug-likeness (QED) is 0.646. The minimum atomic E-state index is -1.44. The van der Waals surface area contributed by atoms with Gasteiger partial charge in [0.15, 0.2) is 23.6 Å². The summed E-state index contributed by atoms with van der Waals surface area (Å²) >= 11 is 0. The highest BCUT2D eigenvalue weighted by Gasteiger charge is 2.42. The Morgan fingerprint density at radius 2 is 1.79 bits per heavy atom. The van der Waals surface area contributed by atoms with Crippen molar-refractivity contribution < 1.29 is 28.9 Å². The molecule has 1 saturated heterocycles. The lowest BCUT2D eigenvalue weighted by Crippen LogP contribution is -2.36. The van der Waals surface area contributed by atoms with Crippen LogP contribution in [0.2, 0.25) is 0 Å². The molecule has 28 heavy (non-hydrogen) atoms. The molecule has 0 aliphatic carbocycles. The Hall–Kier alpha value is -2.95. The third-order valence-corrected chi connectivity index (χ3v) is 4.44. The Morgan fingerprint density at radius 1 is 1.18 bits per heavy atom. The predicted molar refractivity (Wildman–Crippen MR) is 94.5 cm³/mol. The lowest BCUT2D eigenvalue weighted by Gasteiger charge is -2.17. The molecule has 0 bridgehead atoms. The number of anilines is 1. The molecule has 1 aromatic carbocycles. The third kappa shape index (κ3) is 3.70. The van der Waals surface area contributed by atoms with Crippen molar-refractivity contribution in [3.63, 3.8) is 0 Å². The molecule has 0 radical (unpaired) electrons. The molecule has 1 aliphatic rings. The number of nitrogens with one attached hydrogen (secondary N) is 1. The molecule has 1 fully saturated rings. The minimum absolute atomic E-state index is 0.141. The van der Waals surface area contributed by atoms with Crippen molar-refractivity contribution in [1.29, 1.82) is 0 Å². The second-order valence-electron chi connectivity index (χ2n) is 6.43. The number of halogens is 1. The summed E-state index contributed by atoms with van der Waals surface area (Å²) < 4.78 is 20.4. The van der Waals surface area contributed by atoms with Crippen LogP contribution >= 0.6 is 0 Å². The maximum atomic E-state index is 14.4. The van der Waals surface area contributed by atoms with Gasteiger partial charge in [-0.2, -0.15) is 4.98 Å². The van der Waals surface area contributed by atoms with Crippen molar-refractivity contribution in [3.05, 3.63) is 57.9 Å². The topological polar surface area (TPSA) is 131 Å². The van der Waals surface area contributed by atoms with Gasteiger partial charge in [-0.3, -0.25) is 14.2 Å². The fourth-order valence-corrected chi connectivity index (χ4v) is 2.81. The molecule has 0 saturated carbocycles. The number of carbonyl (C=O) groups is 2. The second-order valence-corrected chi connectivity index (χ2v) is 6.43. The van der Waals surface area contributed by atoms with Crippen LogP contribution in [0, 0.1) is 5.82 Å². The van der Waals surface area contributed by atoms with Gasteiger partial charge < -0.3 is 20.3 Å². The molecule has 1 aliphatic heterocycles. The number of rotatable bonds is 4. The molecule has 2 aromatic rings. The van der Waals surface area contributed by atoms with Crippen molar-refractivity contribution in [2.75, 3.05) is 5.32 Å². The van der Waals surface area contributed by atoms with Crippen LogP contribution in [0.15, 0.2) is 35.3 Å². The second kappa shape index (κ2) is 7.58. The average molecular weight is 391 g/mol. The largest absolute Gasteiger partial charge is 0.388 e. The van der Waals surface area contributed by atoms with E-state index in [0.717, 1.165) is 6.20 Å². The standard InChI is InChI=1S/C18H18FN3O6/c1-8(23)10-3-5-11(6-4-10)16(26)20-15-12(19)7-22(18(27)21-15)17-14(25)13(24)9(2)28-17/h3-7,9,13-14,17,24-25H,1-2H3,(H,20,21,26,27)/t9-,13-,14-,17-/m1/s1. The first kappa shape index (κ1) is 19.8. The van der Waals surface area contributed by atoms with Gasteiger partial charge in [-0.25, -0.2) is 9.18 Å². The Labute approximate surface area is 158 Å². The lowest BCUT2D eigenvalue weighted by atomic mass is 10.1. The number of Topliss-reactive ketones (excluding diaryl/α,β-unsaturated/α-hetero) is 1. The number of hydrogen-bond donors (Lipinski definition) is 3. The molecule has 10 heteroatoms. The van der Waals surface area contributed by atoms with Gasteiger partial charge in [0.25, 0.3) is 5.91 Å². The summed E-state index contributed by atoms with van der Waals surface area (Å²) in [6.07, 6.45) is -4.00. The lowest BCUT2D eigenvalue weighted by molar-refractivity contribution is -0.0355. The van der Waals surface area contributed by atoms with E-state index in [1.807, 2.05) is 0 Å². The Bertz CT molecular complexity index is 974. The number of aliphatic hydroxyl groups excluding tert-OH is 2. The number of aliphatic hydroxyl groups is 2. The van der Waals surface area contributed by atoms with Gasteiger partial charge in [0.2, 0.25) is 0 Å². The van der Waals surface area contributed by atoms with Crippen LogP contribution < -0.4 is 11.0 Å². The number of carbonyl (C=O) groups excluding carboxylic acids is 2. The van der Waals surface area contributed by atoms with Gasteiger partial charge in [0.1, 0.15) is 12.2 Å². The van der Waals surface area contributed by atoms with E-state index in [9.17, 15) is 29.0 Å². The molecule has 3 rings (SSSR count). The van der Waals surface area contributed by atoms with E-state index < -0.39 is 47.8 Å². The van der Waals surface area contributed by atoms with Gasteiger partial charge >= 0.3 is 5.69 Å². The predicted octanol–water partition coefficient (Wildman–Crippen LogP) is 0.476. The van der Waals surface area contributed by atoms with Crippen molar-refractivity contribution in [1.82, 2.24) is 9.55 Å². The molecule has 9 nitrogen and oxygen atoms in total. The maximum absolute atomic E-state index is 14.4. The summed E-state index contributed by atoms with van der Waals surface area (Å²) in [6.45, 7) is 2.88. The van der Waals surface area contributed by atoms with Crippen LogP contribution in [0.5, 0.6) is 0 Å². The van der Waals surface area contributed by atoms with Gasteiger partial charge in [0, 0.05) is 11.1 Å². The highest BCUT2D eigenvalue weighted by molar-refractivity contribution is 6.04. The zero-order chi connectivity index (χ0) is 20.6. The molecule has 148 valence electrons. The van der Waals surface area contributed by atoms with Gasteiger partial charge in [-0.15, -0.1) is 0 Å². The summed E-state index contributed by atoms with van der Waals surface area (Å²) in [5, 5.41) is 21.9. The van der Waals surface area contributed by atoms with E-state index in [2.05, 4.69) is 10.3 Å². The van der Waals surface area contributed by atoms with E-state index in [-0.39, 0.29) is 11.3 Å². The van der Waals surface area contributed by atoms with Crippen molar-refractivity contribution >= 4 is 17.5 Å². The summed E-state index contributed by atoms with van der Waals surface area (Å²) in [4.78, 5) is 39.2. The summed E-state index contributed by atoms with van der Waals surface area (Å²) in [6, 6.07) is 5.67. The summed E-state index contributed by atoms with van der Waals surface area (Å²) in [5.74, 6) is -2.51. The minimum Gasteiger partial charge on any atom is -0.388 e. The molecule has 1 amide bonds. The molecular formula is C18H18FN3O6. The highest BCUT2D eigenvalue weighted by Crippen LogP contribution is 2.28. The summed E-state index contributed by atoms with van der Waals surface area (Å²) in [5.41, 5.74) is -0.425. The van der Waals surface area contributed by atoms with Crippen LogP contribution in [-0.4, -0.2) is 49.8 Å². The normalized spacial score (nSPS) is 24.2. The molecule has 0 spiro atoms. The molecular weight excluding hydrogens is 373 g/mol. The van der Waals surface area contributed by atoms with Gasteiger partial charge in [0.05, 0.1) is 12.3 Å². The fourth-order valence-electron chi connectivity index (χ4n) is 2.81. The van der Waals surface area contributed by atoms with E-state index in [4.69, 9.17) is 4.74 Å². The first-order valence-electron chi connectivity index (χ1n) is 8.41. The summed E-state index contributed by atoms with van der Waals surface area (Å²) in [7, 11) is 0. The molecule has 4 atom stereocenters. The van der Waals surface area contributed by atoms with E-state index in [0.29, 0.717) is 10.1 Å². The highest BCUT2D eigenvalue weighted by atomic mass is 19.1. The number of benzene rings is 1. The van der Waals surface area contributed by atoms with E-state index in [1.54, 1.807) is 0 Å². The number of aromatic nitrogens is 2. The number of hydrogen-bond acceptors (Lipinski definition) is 7. The van der Waals surface area contributed by atoms with Crippen LogP contribution in [0.1, 0.15) is 40.8 Å². The van der Waals surface area contributed by atoms with Crippen molar-refractivity contribution in [2.45, 2.75) is 38.4 Å². The number of nitrogens with zero attached hydrogens (tertiary/aromatic N) is 2. The first-order valence-corrected chi connectivity index (χ1v) is 8.41. The van der Waals surface area contributed by atoms with Crippen LogP contribution in [-0.2, 0) is 4.74 Å². The van der Waals surface area contributed by atoms with Gasteiger partial charge in [-0.05, 0) is 26.0 Å². The van der Waals surface area contributed by atoms with Gasteiger partial charge in [-0.1, -0.05) is 12.1 Å². The monoisotopic (exact) mass is 391 g/mol. The van der Waals surface area contributed by atoms with Crippen LogP contribution in [0.3, 0.4) is 0 Å². The zero-order valence-corrected chi connectivity index (χ0v) is 15.0. The zero-order valence-electron chi connectivity index (χ0n) is 15.0. The Balaban J connectivity index is 1.82. The van der Waals surface area contributed by atoms with E-state index in [1.165, 1.54) is 38.1 Å². The number of ether oxygens (including phenoxy) is 1. The first-order chi connectivity index (χ1) is 13.2. The Kier molecular flexibility index (Phi) is 5.36. The van der Waals surface area contributed by atoms with Crippen molar-refractivity contribution in [2.24, 2.45) is 0 Å². The maximum Gasteiger partial charge on any atom is 0.351 e. The van der Waals surface area contributed by atoms with E-state index >= 15 is 0 Å². The third-order valence-electron chi connectivity index (χ3n) is 4.44. The Morgan fingerprint density at radius 3 is 2.32 bits per heavy atom.